The summed E-state index contributed by atoms with van der Waals surface area (Å²) in [6, 6.07) is 10.2. The minimum absolute atomic E-state index is 0.0435. The number of fused-ring (bicyclic) bond motifs is 3. The highest BCUT2D eigenvalue weighted by Gasteiger charge is 2.29. The zero-order chi connectivity index (χ0) is 12.2. The van der Waals surface area contributed by atoms with Crippen LogP contribution in [0.15, 0.2) is 30.3 Å². The van der Waals surface area contributed by atoms with E-state index in [2.05, 4.69) is 32.0 Å². The van der Waals surface area contributed by atoms with E-state index in [4.69, 9.17) is 17.3 Å². The summed E-state index contributed by atoms with van der Waals surface area (Å²) in [7, 11) is 0. The number of benzene rings is 2. The van der Waals surface area contributed by atoms with E-state index in [-0.39, 0.29) is 6.04 Å². The molecule has 2 N–H and O–H groups in total. The van der Waals surface area contributed by atoms with Gasteiger partial charge >= 0.3 is 0 Å². The van der Waals surface area contributed by atoms with Gasteiger partial charge in [-0.3, -0.25) is 0 Å². The highest BCUT2D eigenvalue weighted by Crippen LogP contribution is 2.47. The van der Waals surface area contributed by atoms with Crippen molar-refractivity contribution in [3.05, 3.63) is 57.6 Å². The smallest absolute Gasteiger partial charge is 0.0564 e. The quantitative estimate of drug-likeness (QED) is 0.744. The molecule has 0 radical (unpaired) electrons. The molecular weight excluding hydrogens is 230 g/mol. The standard InChI is InChI=1S/C15H14ClN/c1-8-6-7-11-13(9(8)2)14-10(15(11)17)4-3-5-12(14)16/h3-7,15H,17H2,1-2H3. The molecule has 0 heterocycles. The summed E-state index contributed by atoms with van der Waals surface area (Å²) in [4.78, 5) is 0. The molecule has 0 aromatic heterocycles. The number of hydrogen-bond donors (Lipinski definition) is 1. The first-order chi connectivity index (χ1) is 8.11. The second kappa shape index (κ2) is 3.59. The van der Waals surface area contributed by atoms with Gasteiger partial charge in [0.25, 0.3) is 0 Å². The van der Waals surface area contributed by atoms with E-state index in [0.29, 0.717) is 0 Å². The number of nitrogens with two attached hydrogens (primary N) is 1. The van der Waals surface area contributed by atoms with E-state index in [0.717, 1.165) is 16.1 Å². The minimum atomic E-state index is -0.0435. The lowest BCUT2D eigenvalue weighted by Gasteiger charge is -2.10. The average molecular weight is 244 g/mol. The first kappa shape index (κ1) is 10.8. The molecule has 0 fully saturated rings. The molecule has 0 bridgehead atoms. The fraction of sp³-hybridized carbons (Fsp3) is 0.200. The van der Waals surface area contributed by atoms with Crippen molar-refractivity contribution in [1.29, 1.82) is 0 Å². The lowest BCUT2D eigenvalue weighted by atomic mass is 9.96. The van der Waals surface area contributed by atoms with Crippen molar-refractivity contribution in [2.24, 2.45) is 5.73 Å². The highest BCUT2D eigenvalue weighted by molar-refractivity contribution is 6.33. The Morgan fingerprint density at radius 2 is 1.71 bits per heavy atom. The molecule has 86 valence electrons. The van der Waals surface area contributed by atoms with Crippen molar-refractivity contribution in [1.82, 2.24) is 0 Å². The van der Waals surface area contributed by atoms with Gasteiger partial charge in [0.1, 0.15) is 0 Å². The molecule has 1 atom stereocenters. The molecule has 2 aromatic carbocycles. The van der Waals surface area contributed by atoms with Gasteiger partial charge in [0.2, 0.25) is 0 Å². The first-order valence-electron chi connectivity index (χ1n) is 5.75. The van der Waals surface area contributed by atoms with Gasteiger partial charge in [-0.05, 0) is 47.7 Å². The maximum Gasteiger partial charge on any atom is 0.0564 e. The summed E-state index contributed by atoms with van der Waals surface area (Å²) in [6.07, 6.45) is 0. The van der Waals surface area contributed by atoms with Crippen LogP contribution < -0.4 is 5.73 Å². The Kier molecular flexibility index (Phi) is 2.29. The van der Waals surface area contributed by atoms with E-state index >= 15 is 0 Å². The van der Waals surface area contributed by atoms with Crippen molar-refractivity contribution in [3.8, 4) is 11.1 Å². The second-order valence-electron chi connectivity index (χ2n) is 4.65. The van der Waals surface area contributed by atoms with Crippen LogP contribution in [0.2, 0.25) is 5.02 Å². The maximum atomic E-state index is 6.33. The lowest BCUT2D eigenvalue weighted by molar-refractivity contribution is 0.899. The molecule has 0 saturated heterocycles. The summed E-state index contributed by atoms with van der Waals surface area (Å²) < 4.78 is 0. The Bertz CT molecular complexity index is 617. The Labute approximate surface area is 106 Å². The third-order valence-electron chi connectivity index (χ3n) is 3.73. The van der Waals surface area contributed by atoms with Gasteiger partial charge < -0.3 is 5.73 Å². The summed E-state index contributed by atoms with van der Waals surface area (Å²) >= 11 is 6.33. The summed E-state index contributed by atoms with van der Waals surface area (Å²) in [6.45, 7) is 4.26. The molecule has 17 heavy (non-hydrogen) atoms. The van der Waals surface area contributed by atoms with E-state index in [1.807, 2.05) is 12.1 Å². The molecule has 0 spiro atoms. The van der Waals surface area contributed by atoms with Gasteiger partial charge in [-0.25, -0.2) is 0 Å². The highest BCUT2D eigenvalue weighted by atomic mass is 35.5. The van der Waals surface area contributed by atoms with E-state index < -0.39 is 0 Å². The summed E-state index contributed by atoms with van der Waals surface area (Å²) in [5.74, 6) is 0. The largest absolute Gasteiger partial charge is 0.320 e. The molecule has 1 aliphatic rings. The SMILES string of the molecule is Cc1ccc2c(c1C)-c1c(Cl)cccc1C2N. The van der Waals surface area contributed by atoms with Crippen LogP contribution in [-0.2, 0) is 0 Å². The minimum Gasteiger partial charge on any atom is -0.320 e. The lowest BCUT2D eigenvalue weighted by Crippen LogP contribution is -2.08. The number of hydrogen-bond acceptors (Lipinski definition) is 1. The molecule has 1 nitrogen and oxygen atoms in total. The van der Waals surface area contributed by atoms with Gasteiger partial charge in [-0.2, -0.15) is 0 Å². The third-order valence-corrected chi connectivity index (χ3v) is 4.05. The van der Waals surface area contributed by atoms with Crippen LogP contribution >= 0.6 is 11.6 Å². The first-order valence-corrected chi connectivity index (χ1v) is 6.13. The molecule has 1 unspecified atom stereocenters. The van der Waals surface area contributed by atoms with Gasteiger partial charge in [0.05, 0.1) is 6.04 Å². The average Bonchev–Trinajstić information content (AvgIpc) is 2.60. The van der Waals surface area contributed by atoms with Crippen molar-refractivity contribution in [3.63, 3.8) is 0 Å². The topological polar surface area (TPSA) is 26.0 Å². The van der Waals surface area contributed by atoms with Gasteiger partial charge in [-0.15, -0.1) is 0 Å². The van der Waals surface area contributed by atoms with Crippen LogP contribution in [-0.4, -0.2) is 0 Å². The van der Waals surface area contributed by atoms with Crippen LogP contribution in [0, 0.1) is 13.8 Å². The molecule has 2 heteroatoms. The summed E-state index contributed by atoms with van der Waals surface area (Å²) in [5.41, 5.74) is 13.5. The van der Waals surface area contributed by atoms with Crippen molar-refractivity contribution in [2.75, 3.05) is 0 Å². The van der Waals surface area contributed by atoms with E-state index in [1.165, 1.54) is 22.3 Å². The Morgan fingerprint density at radius 1 is 1.00 bits per heavy atom. The molecule has 0 amide bonds. The monoisotopic (exact) mass is 243 g/mol. The Balaban J connectivity index is 2.44. The predicted molar refractivity (Wildman–Crippen MR) is 72.4 cm³/mol. The Hall–Kier alpha value is -1.31. The number of halogens is 1. The molecule has 3 rings (SSSR count). The normalized spacial score (nSPS) is 16.8. The summed E-state index contributed by atoms with van der Waals surface area (Å²) in [5, 5.41) is 0.797. The fourth-order valence-electron chi connectivity index (χ4n) is 2.66. The van der Waals surface area contributed by atoms with E-state index in [9.17, 15) is 0 Å². The molecule has 0 aliphatic heterocycles. The van der Waals surface area contributed by atoms with Crippen LogP contribution in [0.5, 0.6) is 0 Å². The third kappa shape index (κ3) is 1.36. The zero-order valence-corrected chi connectivity index (χ0v) is 10.7. The second-order valence-corrected chi connectivity index (χ2v) is 5.06. The van der Waals surface area contributed by atoms with Crippen molar-refractivity contribution >= 4 is 11.6 Å². The van der Waals surface area contributed by atoms with Crippen molar-refractivity contribution < 1.29 is 0 Å². The maximum absolute atomic E-state index is 6.33. The molecule has 1 aliphatic carbocycles. The predicted octanol–water partition coefficient (Wildman–Crippen LogP) is 3.99. The van der Waals surface area contributed by atoms with Gasteiger partial charge in [0.15, 0.2) is 0 Å². The molecule has 2 aromatic rings. The van der Waals surface area contributed by atoms with E-state index in [1.54, 1.807) is 0 Å². The van der Waals surface area contributed by atoms with Crippen molar-refractivity contribution in [2.45, 2.75) is 19.9 Å². The molecular formula is C15H14ClN. The number of rotatable bonds is 0. The van der Waals surface area contributed by atoms with Gasteiger partial charge in [-0.1, -0.05) is 35.9 Å². The zero-order valence-electron chi connectivity index (χ0n) is 9.92. The Morgan fingerprint density at radius 3 is 2.47 bits per heavy atom. The fourth-order valence-corrected chi connectivity index (χ4v) is 2.94. The molecule has 0 saturated carbocycles. The number of aryl methyl sites for hydroxylation is 1. The van der Waals surface area contributed by atoms with Crippen LogP contribution in [0.1, 0.15) is 28.3 Å². The van der Waals surface area contributed by atoms with Crippen LogP contribution in [0.3, 0.4) is 0 Å². The van der Waals surface area contributed by atoms with Gasteiger partial charge in [0, 0.05) is 10.6 Å². The van der Waals surface area contributed by atoms with Crippen LogP contribution in [0.4, 0.5) is 0 Å². The van der Waals surface area contributed by atoms with Crippen LogP contribution in [0.25, 0.3) is 11.1 Å².